The highest BCUT2D eigenvalue weighted by Crippen LogP contribution is 2.30. The number of allylic oxidation sites excluding steroid dienone is 2. The van der Waals surface area contributed by atoms with Crippen molar-refractivity contribution in [3.05, 3.63) is 11.3 Å². The van der Waals surface area contributed by atoms with Crippen molar-refractivity contribution in [3.63, 3.8) is 0 Å². The fourth-order valence-electron chi connectivity index (χ4n) is 3.42. The van der Waals surface area contributed by atoms with E-state index >= 15 is 0 Å². The minimum atomic E-state index is -2.85. The molecule has 0 unspecified atom stereocenters. The molecule has 0 spiro atoms. The minimum Gasteiger partial charge on any atom is -0.368 e. The lowest BCUT2D eigenvalue weighted by molar-refractivity contribution is 0.0101. The van der Waals surface area contributed by atoms with Gasteiger partial charge in [-0.15, -0.1) is 0 Å². The van der Waals surface area contributed by atoms with E-state index < -0.39 is 8.80 Å². The van der Waals surface area contributed by atoms with E-state index in [4.69, 9.17) is 13.3 Å². The first-order chi connectivity index (χ1) is 11.9. The Bertz CT molecular complexity index is 351. The second kappa shape index (κ2) is 12.3. The van der Waals surface area contributed by atoms with Gasteiger partial charge in [-0.2, -0.15) is 0 Å². The summed E-state index contributed by atoms with van der Waals surface area (Å²) < 4.78 is 19.3. The molecule has 0 saturated carbocycles. The lowest BCUT2D eigenvalue weighted by atomic mass is 10.0. The summed E-state index contributed by atoms with van der Waals surface area (Å²) in [6, 6.07) is 0. The first kappa shape index (κ1) is 22.9. The lowest BCUT2D eigenvalue weighted by Crippen LogP contribution is -2.52. The summed E-state index contributed by atoms with van der Waals surface area (Å²) in [6.45, 7) is 12.5. The summed E-state index contributed by atoms with van der Waals surface area (Å²) in [7, 11) is -2.85. The molecule has 0 atom stereocenters. The molecule has 0 aliphatic heterocycles. The second-order valence-electron chi connectivity index (χ2n) is 8.15. The molecule has 1 rings (SSSR count). The van der Waals surface area contributed by atoms with Crippen LogP contribution in [0.2, 0.25) is 0 Å². The van der Waals surface area contributed by atoms with Gasteiger partial charge in [-0.3, -0.25) is 0 Å². The zero-order valence-corrected chi connectivity index (χ0v) is 18.6. The Labute approximate surface area is 157 Å². The Morgan fingerprint density at radius 3 is 1.48 bits per heavy atom. The molecule has 0 N–H and O–H groups in total. The maximum Gasteiger partial charge on any atom is 0.533 e. The van der Waals surface area contributed by atoms with Crippen LogP contribution in [0.1, 0.15) is 106 Å². The van der Waals surface area contributed by atoms with Crippen LogP contribution in [0.3, 0.4) is 0 Å². The highest BCUT2D eigenvalue weighted by Gasteiger charge is 2.47. The third-order valence-corrected chi connectivity index (χ3v) is 7.94. The van der Waals surface area contributed by atoms with Crippen molar-refractivity contribution < 1.29 is 13.3 Å². The van der Waals surface area contributed by atoms with Crippen molar-refractivity contribution in [2.24, 2.45) is 0 Å². The van der Waals surface area contributed by atoms with Gasteiger partial charge in [0.1, 0.15) is 0 Å². The highest BCUT2D eigenvalue weighted by molar-refractivity contribution is 6.69. The third kappa shape index (κ3) is 9.37. The SMILES string of the molecule is CC(C)O[Si](OC(C)C)(OC(C)C)/C1=C/CCCCCCCCCC1. The second-order valence-corrected chi connectivity index (χ2v) is 10.6. The molecule has 1 aliphatic carbocycles. The first-order valence-electron chi connectivity index (χ1n) is 10.6. The summed E-state index contributed by atoms with van der Waals surface area (Å²) >= 11 is 0. The molecular formula is C21H42O3Si. The molecule has 0 saturated heterocycles. The van der Waals surface area contributed by atoms with Gasteiger partial charge in [-0.1, -0.05) is 44.6 Å². The molecule has 0 amide bonds. The molecule has 4 heteroatoms. The van der Waals surface area contributed by atoms with E-state index in [1.807, 2.05) is 0 Å². The van der Waals surface area contributed by atoms with Gasteiger partial charge in [0.25, 0.3) is 0 Å². The van der Waals surface area contributed by atoms with Crippen LogP contribution in [0.5, 0.6) is 0 Å². The fourth-order valence-corrected chi connectivity index (χ4v) is 6.78. The van der Waals surface area contributed by atoms with E-state index in [-0.39, 0.29) is 18.3 Å². The number of hydrogen-bond donors (Lipinski definition) is 0. The van der Waals surface area contributed by atoms with Crippen LogP contribution in [0.15, 0.2) is 11.3 Å². The van der Waals surface area contributed by atoms with Gasteiger partial charge in [0.2, 0.25) is 0 Å². The molecule has 0 bridgehead atoms. The average molecular weight is 371 g/mol. The Morgan fingerprint density at radius 2 is 1.04 bits per heavy atom. The van der Waals surface area contributed by atoms with Gasteiger partial charge >= 0.3 is 8.80 Å². The predicted octanol–water partition coefficient (Wildman–Crippen LogP) is 6.58. The zero-order valence-electron chi connectivity index (χ0n) is 17.6. The molecule has 0 radical (unpaired) electrons. The molecule has 0 aromatic heterocycles. The van der Waals surface area contributed by atoms with E-state index in [0.29, 0.717) is 0 Å². The quantitative estimate of drug-likeness (QED) is 0.474. The molecule has 0 aromatic rings. The van der Waals surface area contributed by atoms with Gasteiger partial charge < -0.3 is 13.3 Å². The Balaban J connectivity index is 3.08. The average Bonchev–Trinajstić information content (AvgIpc) is 2.45. The van der Waals surface area contributed by atoms with E-state index in [0.717, 1.165) is 12.8 Å². The van der Waals surface area contributed by atoms with Crippen molar-refractivity contribution in [2.45, 2.75) is 124 Å². The van der Waals surface area contributed by atoms with Crippen molar-refractivity contribution in [2.75, 3.05) is 0 Å². The minimum absolute atomic E-state index is 0.103. The smallest absolute Gasteiger partial charge is 0.368 e. The lowest BCUT2D eigenvalue weighted by Gasteiger charge is -2.36. The highest BCUT2D eigenvalue weighted by atomic mass is 28.4. The molecule has 3 nitrogen and oxygen atoms in total. The van der Waals surface area contributed by atoms with Crippen molar-refractivity contribution in [3.8, 4) is 0 Å². The molecule has 148 valence electrons. The predicted molar refractivity (Wildman–Crippen MR) is 109 cm³/mol. The molecule has 0 heterocycles. The van der Waals surface area contributed by atoms with Crippen LogP contribution < -0.4 is 0 Å². The first-order valence-corrected chi connectivity index (χ1v) is 12.3. The van der Waals surface area contributed by atoms with Crippen LogP contribution >= 0.6 is 0 Å². The summed E-state index contributed by atoms with van der Waals surface area (Å²) in [4.78, 5) is 0. The Morgan fingerprint density at radius 1 is 0.640 bits per heavy atom. The number of hydrogen-bond acceptors (Lipinski definition) is 3. The maximum atomic E-state index is 6.45. The van der Waals surface area contributed by atoms with Crippen LogP contribution in [0, 0.1) is 0 Å². The summed E-state index contributed by atoms with van der Waals surface area (Å²) in [5.74, 6) is 0. The topological polar surface area (TPSA) is 27.7 Å². The standard InChI is InChI=1S/C21H42O3Si/c1-18(2)22-25(23-19(3)4,24-20(5)6)21-16-14-12-10-8-7-9-11-13-15-17-21/h16,18-20H,7-15,17H2,1-6H3/b21-16+. The van der Waals surface area contributed by atoms with Crippen molar-refractivity contribution in [1.82, 2.24) is 0 Å². The molecule has 0 fully saturated rings. The van der Waals surface area contributed by atoms with Crippen LogP contribution in [0.4, 0.5) is 0 Å². The molecule has 1 aliphatic rings. The van der Waals surface area contributed by atoms with E-state index in [2.05, 4.69) is 47.6 Å². The normalized spacial score (nSPS) is 21.1. The van der Waals surface area contributed by atoms with Gasteiger partial charge in [0.05, 0.1) is 0 Å². The van der Waals surface area contributed by atoms with Crippen molar-refractivity contribution >= 4 is 8.80 Å². The van der Waals surface area contributed by atoms with E-state index in [1.54, 1.807) is 0 Å². The van der Waals surface area contributed by atoms with E-state index in [9.17, 15) is 0 Å². The van der Waals surface area contributed by atoms with Crippen LogP contribution in [-0.4, -0.2) is 27.1 Å². The van der Waals surface area contributed by atoms with Gasteiger partial charge in [0, 0.05) is 18.3 Å². The molecular weight excluding hydrogens is 328 g/mol. The monoisotopic (exact) mass is 370 g/mol. The number of rotatable bonds is 7. The molecule has 0 aromatic carbocycles. The van der Waals surface area contributed by atoms with Crippen LogP contribution in [0.25, 0.3) is 0 Å². The maximum absolute atomic E-state index is 6.45. The summed E-state index contributed by atoms with van der Waals surface area (Å²) in [5, 5.41) is 1.32. The Kier molecular flexibility index (Phi) is 11.2. The van der Waals surface area contributed by atoms with Gasteiger partial charge in [-0.25, -0.2) is 0 Å². The summed E-state index contributed by atoms with van der Waals surface area (Å²) in [5.41, 5.74) is 0. The zero-order chi connectivity index (χ0) is 18.7. The van der Waals surface area contributed by atoms with Gasteiger partial charge in [-0.05, 0) is 72.4 Å². The van der Waals surface area contributed by atoms with Gasteiger partial charge in [0.15, 0.2) is 0 Å². The third-order valence-electron chi connectivity index (χ3n) is 4.36. The van der Waals surface area contributed by atoms with E-state index in [1.165, 1.54) is 56.6 Å². The summed E-state index contributed by atoms with van der Waals surface area (Å²) in [6.07, 6.45) is 15.5. The van der Waals surface area contributed by atoms with Crippen LogP contribution in [-0.2, 0) is 13.3 Å². The largest absolute Gasteiger partial charge is 0.533 e. The fraction of sp³-hybridized carbons (Fsp3) is 0.905. The Hall–Kier alpha value is -0.163. The molecule has 25 heavy (non-hydrogen) atoms. The van der Waals surface area contributed by atoms with Crippen molar-refractivity contribution in [1.29, 1.82) is 0 Å².